The Balaban J connectivity index is 1.60. The molecule has 0 aliphatic rings. The molecule has 0 fully saturated rings. The van der Waals surface area contributed by atoms with Gasteiger partial charge in [0.15, 0.2) is 5.78 Å². The van der Waals surface area contributed by atoms with E-state index >= 15 is 0 Å². The Labute approximate surface area is 167 Å². The van der Waals surface area contributed by atoms with Crippen LogP contribution in [0.15, 0.2) is 47.4 Å². The number of hydrogen-bond donors (Lipinski definition) is 0. The number of ether oxygens (including phenoxy) is 2. The van der Waals surface area contributed by atoms with Crippen LogP contribution in [0.5, 0.6) is 5.75 Å². The normalized spacial score (nSPS) is 10.7. The highest BCUT2D eigenvalue weighted by molar-refractivity contribution is 6.00. The van der Waals surface area contributed by atoms with Crippen LogP contribution in [-0.2, 0) is 16.1 Å². The van der Waals surface area contributed by atoms with Crippen LogP contribution in [0, 0.1) is 13.8 Å². The molecule has 2 heterocycles. The van der Waals surface area contributed by atoms with Crippen molar-refractivity contribution in [2.24, 2.45) is 0 Å². The van der Waals surface area contributed by atoms with Gasteiger partial charge in [0, 0.05) is 18.7 Å². The summed E-state index contributed by atoms with van der Waals surface area (Å²) in [4.78, 5) is 41.0. The minimum Gasteiger partial charge on any atom is -0.496 e. The van der Waals surface area contributed by atoms with Crippen molar-refractivity contribution in [1.82, 2.24) is 9.38 Å². The first-order valence-corrected chi connectivity index (χ1v) is 9.20. The van der Waals surface area contributed by atoms with E-state index in [1.54, 1.807) is 24.4 Å². The van der Waals surface area contributed by atoms with E-state index in [1.807, 2.05) is 26.0 Å². The Morgan fingerprint density at radius 3 is 2.55 bits per heavy atom. The van der Waals surface area contributed by atoms with Crippen molar-refractivity contribution in [3.8, 4) is 5.75 Å². The van der Waals surface area contributed by atoms with E-state index in [0.29, 0.717) is 22.7 Å². The van der Waals surface area contributed by atoms with Gasteiger partial charge in [-0.2, -0.15) is 0 Å². The van der Waals surface area contributed by atoms with E-state index in [-0.39, 0.29) is 30.8 Å². The monoisotopic (exact) mass is 394 g/mol. The zero-order chi connectivity index (χ0) is 21.0. The average molecular weight is 394 g/mol. The SMILES string of the molecule is COc1ccc(C)cc1C(=O)CCC(=O)OCc1cc(=O)n2ccc(C)cc2n1. The summed E-state index contributed by atoms with van der Waals surface area (Å²) in [6.45, 7) is 3.66. The standard InChI is InChI=1S/C22H22N2O5/c1-14-4-6-19(28-3)17(10-14)18(25)5-7-22(27)29-13-16-12-21(26)24-9-8-15(2)11-20(24)23-16/h4,6,8-12H,5,7,13H2,1-3H3. The van der Waals surface area contributed by atoms with Crippen LogP contribution in [0.25, 0.3) is 5.65 Å². The number of esters is 1. The van der Waals surface area contributed by atoms with Gasteiger partial charge in [-0.3, -0.25) is 18.8 Å². The molecule has 0 radical (unpaired) electrons. The third kappa shape index (κ3) is 4.87. The predicted molar refractivity (Wildman–Crippen MR) is 107 cm³/mol. The fourth-order valence-corrected chi connectivity index (χ4v) is 2.94. The highest BCUT2D eigenvalue weighted by Crippen LogP contribution is 2.21. The Morgan fingerprint density at radius 2 is 1.79 bits per heavy atom. The maximum atomic E-state index is 12.4. The number of benzene rings is 1. The lowest BCUT2D eigenvalue weighted by molar-refractivity contribution is -0.145. The first-order chi connectivity index (χ1) is 13.9. The smallest absolute Gasteiger partial charge is 0.306 e. The summed E-state index contributed by atoms with van der Waals surface area (Å²) in [7, 11) is 1.50. The Bertz CT molecular complexity index is 1130. The van der Waals surface area contributed by atoms with Gasteiger partial charge in [-0.05, 0) is 43.7 Å². The fourth-order valence-electron chi connectivity index (χ4n) is 2.94. The summed E-state index contributed by atoms with van der Waals surface area (Å²) < 4.78 is 11.8. The summed E-state index contributed by atoms with van der Waals surface area (Å²) in [5, 5.41) is 0. The van der Waals surface area contributed by atoms with Gasteiger partial charge in [0.05, 0.1) is 24.8 Å². The molecule has 1 aromatic carbocycles. The molecule has 0 atom stereocenters. The molecule has 0 saturated carbocycles. The molecule has 29 heavy (non-hydrogen) atoms. The van der Waals surface area contributed by atoms with Gasteiger partial charge in [0.2, 0.25) is 0 Å². The molecule has 0 unspecified atom stereocenters. The average Bonchev–Trinajstić information content (AvgIpc) is 2.70. The summed E-state index contributed by atoms with van der Waals surface area (Å²) >= 11 is 0. The molecular weight excluding hydrogens is 372 g/mol. The number of ketones is 1. The number of carbonyl (C=O) groups excluding carboxylic acids is 2. The number of nitrogens with zero attached hydrogens (tertiary/aromatic N) is 2. The molecule has 150 valence electrons. The van der Waals surface area contributed by atoms with Gasteiger partial charge >= 0.3 is 5.97 Å². The molecule has 7 heteroatoms. The molecule has 0 spiro atoms. The molecule has 0 amide bonds. The minimum absolute atomic E-state index is 0.00560. The first kappa shape index (κ1) is 20.3. The summed E-state index contributed by atoms with van der Waals surface area (Å²) in [6.07, 6.45) is 1.59. The Hall–Kier alpha value is -3.48. The number of carbonyl (C=O) groups is 2. The van der Waals surface area contributed by atoms with Gasteiger partial charge in [-0.25, -0.2) is 4.98 Å². The molecule has 0 bridgehead atoms. The summed E-state index contributed by atoms with van der Waals surface area (Å²) in [6, 6.07) is 10.2. The van der Waals surface area contributed by atoms with Gasteiger partial charge in [0.1, 0.15) is 18.0 Å². The molecule has 0 aliphatic carbocycles. The molecule has 3 rings (SSSR count). The minimum atomic E-state index is -0.531. The number of aromatic nitrogens is 2. The Kier molecular flexibility index (Phi) is 6.07. The van der Waals surface area contributed by atoms with E-state index in [1.165, 1.54) is 17.6 Å². The van der Waals surface area contributed by atoms with Crippen LogP contribution in [0.3, 0.4) is 0 Å². The van der Waals surface area contributed by atoms with E-state index in [4.69, 9.17) is 9.47 Å². The number of aryl methyl sites for hydroxylation is 2. The number of fused-ring (bicyclic) bond motifs is 1. The van der Waals surface area contributed by atoms with Crippen molar-refractivity contribution in [2.75, 3.05) is 7.11 Å². The molecule has 7 nitrogen and oxygen atoms in total. The zero-order valence-corrected chi connectivity index (χ0v) is 16.6. The van der Waals surface area contributed by atoms with Crippen LogP contribution in [0.2, 0.25) is 0 Å². The van der Waals surface area contributed by atoms with Crippen molar-refractivity contribution < 1.29 is 19.1 Å². The van der Waals surface area contributed by atoms with Gasteiger partial charge < -0.3 is 9.47 Å². The van der Waals surface area contributed by atoms with Crippen molar-refractivity contribution in [1.29, 1.82) is 0 Å². The highest BCUT2D eigenvalue weighted by Gasteiger charge is 2.15. The van der Waals surface area contributed by atoms with Gasteiger partial charge in [-0.1, -0.05) is 11.6 Å². The second-order valence-electron chi connectivity index (χ2n) is 6.81. The van der Waals surface area contributed by atoms with Crippen LogP contribution in [0.1, 0.15) is 40.0 Å². The van der Waals surface area contributed by atoms with Crippen molar-refractivity contribution >= 4 is 17.4 Å². The third-order valence-electron chi connectivity index (χ3n) is 4.47. The number of hydrogen-bond acceptors (Lipinski definition) is 6. The van der Waals surface area contributed by atoms with Crippen LogP contribution < -0.4 is 10.3 Å². The van der Waals surface area contributed by atoms with E-state index in [2.05, 4.69) is 4.98 Å². The van der Waals surface area contributed by atoms with Crippen molar-refractivity contribution in [3.63, 3.8) is 0 Å². The molecule has 3 aromatic rings. The van der Waals surface area contributed by atoms with Crippen LogP contribution in [0.4, 0.5) is 0 Å². The maximum absolute atomic E-state index is 12.4. The van der Waals surface area contributed by atoms with Crippen molar-refractivity contribution in [3.05, 3.63) is 75.3 Å². The van der Waals surface area contributed by atoms with Gasteiger partial charge in [0.25, 0.3) is 5.56 Å². The second kappa shape index (κ2) is 8.68. The zero-order valence-electron chi connectivity index (χ0n) is 16.6. The second-order valence-corrected chi connectivity index (χ2v) is 6.81. The fraction of sp³-hybridized carbons (Fsp3) is 0.273. The lowest BCUT2D eigenvalue weighted by atomic mass is 10.0. The topological polar surface area (TPSA) is 87.0 Å². The lowest BCUT2D eigenvalue weighted by Gasteiger charge is -2.09. The molecule has 2 aromatic heterocycles. The Morgan fingerprint density at radius 1 is 1.03 bits per heavy atom. The summed E-state index contributed by atoms with van der Waals surface area (Å²) in [5.41, 5.74) is 2.95. The quantitative estimate of drug-likeness (QED) is 0.452. The van der Waals surface area contributed by atoms with Crippen LogP contribution >= 0.6 is 0 Å². The van der Waals surface area contributed by atoms with E-state index < -0.39 is 5.97 Å². The maximum Gasteiger partial charge on any atom is 0.306 e. The molecular formula is C22H22N2O5. The molecule has 0 saturated heterocycles. The number of Topliss-reactive ketones (excluding diaryl/α,β-unsaturated/α-hetero) is 1. The molecule has 0 aliphatic heterocycles. The number of methoxy groups -OCH3 is 1. The van der Waals surface area contributed by atoms with E-state index in [9.17, 15) is 14.4 Å². The number of rotatable bonds is 7. The third-order valence-corrected chi connectivity index (χ3v) is 4.47. The number of pyridine rings is 1. The van der Waals surface area contributed by atoms with Crippen LogP contribution in [-0.4, -0.2) is 28.2 Å². The predicted octanol–water partition coefficient (Wildman–Crippen LogP) is 3.03. The summed E-state index contributed by atoms with van der Waals surface area (Å²) in [5.74, 6) is -0.249. The first-order valence-electron chi connectivity index (χ1n) is 9.20. The van der Waals surface area contributed by atoms with Gasteiger partial charge in [-0.15, -0.1) is 0 Å². The lowest BCUT2D eigenvalue weighted by Crippen LogP contribution is -2.17. The van der Waals surface area contributed by atoms with Crippen molar-refractivity contribution in [2.45, 2.75) is 33.3 Å². The molecule has 0 N–H and O–H groups in total. The highest BCUT2D eigenvalue weighted by atomic mass is 16.5. The largest absolute Gasteiger partial charge is 0.496 e. The van der Waals surface area contributed by atoms with E-state index in [0.717, 1.165) is 11.1 Å².